The molecule has 1 heterocycles. The third-order valence-corrected chi connectivity index (χ3v) is 2.51. The molecule has 0 aliphatic carbocycles. The second-order valence-corrected chi connectivity index (χ2v) is 3.51. The Hall–Kier alpha value is -1.35. The van der Waals surface area contributed by atoms with Gasteiger partial charge in [0, 0.05) is 12.0 Å². The molecule has 0 atom stereocenters. The van der Waals surface area contributed by atoms with Gasteiger partial charge in [0.25, 0.3) is 0 Å². The van der Waals surface area contributed by atoms with E-state index in [1.54, 1.807) is 6.08 Å². The van der Waals surface area contributed by atoms with Gasteiger partial charge >= 0.3 is 0 Å². The van der Waals surface area contributed by atoms with Crippen LogP contribution in [0.2, 0.25) is 5.02 Å². The van der Waals surface area contributed by atoms with Gasteiger partial charge in [0.15, 0.2) is 5.76 Å². The third kappa shape index (κ3) is 1.88. The summed E-state index contributed by atoms with van der Waals surface area (Å²) in [6.45, 7) is 0.494. The Morgan fingerprint density at radius 3 is 2.93 bits per heavy atom. The van der Waals surface area contributed by atoms with Crippen LogP contribution in [0, 0.1) is 5.82 Å². The number of rotatable bonds is 2. The van der Waals surface area contributed by atoms with Crippen LogP contribution in [-0.4, -0.2) is 12.4 Å². The maximum atomic E-state index is 13.1. The van der Waals surface area contributed by atoms with Gasteiger partial charge in [0.1, 0.15) is 5.82 Å². The minimum atomic E-state index is -0.596. The number of benzene rings is 1. The molecule has 0 saturated carbocycles. The molecule has 15 heavy (non-hydrogen) atoms. The highest BCUT2D eigenvalue weighted by Gasteiger charge is 2.20. The van der Waals surface area contributed by atoms with E-state index in [2.05, 4.69) is 0 Å². The first-order valence-electron chi connectivity index (χ1n) is 4.52. The molecule has 0 amide bonds. The highest BCUT2D eigenvalue weighted by molar-refractivity contribution is 6.35. The Kier molecular flexibility index (Phi) is 2.73. The van der Waals surface area contributed by atoms with Crippen LogP contribution in [0.3, 0.4) is 0 Å². The van der Waals surface area contributed by atoms with E-state index in [9.17, 15) is 9.18 Å². The van der Waals surface area contributed by atoms with E-state index < -0.39 is 5.82 Å². The molecule has 1 aliphatic heterocycles. The summed E-state index contributed by atoms with van der Waals surface area (Å²) in [6.07, 6.45) is 2.39. The van der Waals surface area contributed by atoms with Crippen molar-refractivity contribution in [2.45, 2.75) is 6.42 Å². The quantitative estimate of drug-likeness (QED) is 0.725. The monoisotopic (exact) mass is 226 g/mol. The predicted octanol–water partition coefficient (Wildman–Crippen LogP) is 2.97. The van der Waals surface area contributed by atoms with Crippen LogP contribution in [0.15, 0.2) is 30.0 Å². The number of ether oxygens (including phenoxy) is 1. The van der Waals surface area contributed by atoms with Crippen molar-refractivity contribution in [1.29, 1.82) is 0 Å². The lowest BCUT2D eigenvalue weighted by molar-refractivity contribution is 0.0942. The molecule has 0 bridgehead atoms. The van der Waals surface area contributed by atoms with E-state index in [1.165, 1.54) is 18.2 Å². The molecular weight excluding hydrogens is 219 g/mol. The van der Waals surface area contributed by atoms with Gasteiger partial charge in [-0.25, -0.2) is 4.39 Å². The molecule has 4 heteroatoms. The Labute approximate surface area is 91.3 Å². The van der Waals surface area contributed by atoms with Crippen molar-refractivity contribution in [3.8, 4) is 0 Å². The fourth-order valence-electron chi connectivity index (χ4n) is 1.39. The summed E-state index contributed by atoms with van der Waals surface area (Å²) in [4.78, 5) is 11.8. The Morgan fingerprint density at radius 1 is 1.47 bits per heavy atom. The smallest absolute Gasteiger partial charge is 0.228 e. The zero-order valence-corrected chi connectivity index (χ0v) is 8.55. The van der Waals surface area contributed by atoms with Crippen LogP contribution >= 0.6 is 11.6 Å². The number of hydrogen-bond donors (Lipinski definition) is 0. The zero-order valence-electron chi connectivity index (χ0n) is 7.80. The third-order valence-electron chi connectivity index (χ3n) is 2.13. The minimum Gasteiger partial charge on any atom is -0.489 e. The maximum absolute atomic E-state index is 13.1. The molecule has 0 unspecified atom stereocenters. The van der Waals surface area contributed by atoms with Crippen molar-refractivity contribution < 1.29 is 13.9 Å². The maximum Gasteiger partial charge on any atom is 0.228 e. The molecule has 1 aliphatic rings. The highest BCUT2D eigenvalue weighted by Crippen LogP contribution is 2.24. The van der Waals surface area contributed by atoms with Gasteiger partial charge in [-0.1, -0.05) is 17.7 Å². The lowest BCUT2D eigenvalue weighted by Gasteiger charge is -2.05. The molecule has 0 N–H and O–H groups in total. The van der Waals surface area contributed by atoms with Gasteiger partial charge in [0.05, 0.1) is 11.6 Å². The molecule has 0 saturated heterocycles. The van der Waals surface area contributed by atoms with Crippen molar-refractivity contribution in [3.63, 3.8) is 0 Å². The minimum absolute atomic E-state index is 0.143. The lowest BCUT2D eigenvalue weighted by atomic mass is 10.1. The fraction of sp³-hybridized carbons (Fsp3) is 0.182. The molecule has 0 radical (unpaired) electrons. The number of carbonyl (C=O) groups excluding carboxylic acids is 1. The summed E-state index contributed by atoms with van der Waals surface area (Å²) in [5.74, 6) is -0.708. The summed E-state index contributed by atoms with van der Waals surface area (Å²) >= 11 is 5.69. The molecule has 78 valence electrons. The van der Waals surface area contributed by atoms with Gasteiger partial charge < -0.3 is 4.74 Å². The van der Waals surface area contributed by atoms with E-state index in [4.69, 9.17) is 16.3 Å². The largest absolute Gasteiger partial charge is 0.489 e. The molecule has 1 aromatic carbocycles. The van der Waals surface area contributed by atoms with Crippen LogP contribution < -0.4 is 0 Å². The Morgan fingerprint density at radius 2 is 2.27 bits per heavy atom. The summed E-state index contributed by atoms with van der Waals surface area (Å²) < 4.78 is 18.2. The zero-order chi connectivity index (χ0) is 10.8. The Bertz CT molecular complexity index is 440. The molecule has 0 spiro atoms. The second-order valence-electron chi connectivity index (χ2n) is 3.14. The van der Waals surface area contributed by atoms with E-state index >= 15 is 0 Å². The first kappa shape index (κ1) is 10.2. The summed E-state index contributed by atoms with van der Waals surface area (Å²) in [5, 5.41) is -0.154. The number of hydrogen-bond acceptors (Lipinski definition) is 2. The van der Waals surface area contributed by atoms with Crippen molar-refractivity contribution >= 4 is 17.4 Å². The SMILES string of the molecule is O=C(C1=CCCO1)c1cccc(F)c1Cl. The van der Waals surface area contributed by atoms with E-state index in [0.717, 1.165) is 0 Å². The molecule has 0 aromatic heterocycles. The second kappa shape index (κ2) is 4.03. The first-order chi connectivity index (χ1) is 7.20. The fourth-order valence-corrected chi connectivity index (χ4v) is 1.60. The van der Waals surface area contributed by atoms with Gasteiger partial charge in [-0.15, -0.1) is 0 Å². The van der Waals surface area contributed by atoms with Crippen molar-refractivity contribution in [2.24, 2.45) is 0 Å². The summed E-state index contributed by atoms with van der Waals surface area (Å²) in [7, 11) is 0. The number of halogens is 2. The van der Waals surface area contributed by atoms with Gasteiger partial charge in [-0.2, -0.15) is 0 Å². The van der Waals surface area contributed by atoms with Crippen LogP contribution in [0.1, 0.15) is 16.8 Å². The highest BCUT2D eigenvalue weighted by atomic mass is 35.5. The molecule has 2 nitrogen and oxygen atoms in total. The average Bonchev–Trinajstić information content (AvgIpc) is 2.74. The van der Waals surface area contributed by atoms with Gasteiger partial charge in [-0.05, 0) is 18.2 Å². The normalized spacial score (nSPS) is 14.7. The van der Waals surface area contributed by atoms with E-state index in [1.807, 2.05) is 0 Å². The van der Waals surface area contributed by atoms with E-state index in [0.29, 0.717) is 13.0 Å². The van der Waals surface area contributed by atoms with Gasteiger partial charge in [-0.3, -0.25) is 4.79 Å². The van der Waals surface area contributed by atoms with E-state index in [-0.39, 0.29) is 22.1 Å². The van der Waals surface area contributed by atoms with Crippen LogP contribution in [0.5, 0.6) is 0 Å². The first-order valence-corrected chi connectivity index (χ1v) is 4.89. The summed E-state index contributed by atoms with van der Waals surface area (Å²) in [6, 6.07) is 4.14. The van der Waals surface area contributed by atoms with Crippen molar-refractivity contribution in [2.75, 3.05) is 6.61 Å². The number of allylic oxidation sites excluding steroid dienone is 1. The molecule has 2 rings (SSSR count). The molecular formula is C11H8ClFO2. The van der Waals surface area contributed by atoms with Crippen molar-refractivity contribution in [3.05, 3.63) is 46.4 Å². The topological polar surface area (TPSA) is 26.3 Å². The standard InChI is InChI=1S/C11H8ClFO2/c12-10-7(3-1-4-8(10)13)11(14)9-5-2-6-15-9/h1,3-5H,2,6H2. The Balaban J connectivity index is 2.37. The predicted molar refractivity (Wildman–Crippen MR) is 54.4 cm³/mol. The van der Waals surface area contributed by atoms with Gasteiger partial charge in [0.2, 0.25) is 5.78 Å². The summed E-state index contributed by atoms with van der Waals surface area (Å²) in [5.41, 5.74) is 0.143. The number of carbonyl (C=O) groups is 1. The van der Waals surface area contributed by atoms with Crippen LogP contribution in [0.4, 0.5) is 4.39 Å². The average molecular weight is 227 g/mol. The van der Waals surface area contributed by atoms with Crippen molar-refractivity contribution in [1.82, 2.24) is 0 Å². The van der Waals surface area contributed by atoms with Crippen LogP contribution in [-0.2, 0) is 4.74 Å². The number of ketones is 1. The van der Waals surface area contributed by atoms with Crippen LogP contribution in [0.25, 0.3) is 0 Å². The lowest BCUT2D eigenvalue weighted by Crippen LogP contribution is -2.05. The molecule has 0 fully saturated rings. The number of Topliss-reactive ketones (excluding diaryl/α,β-unsaturated/α-hetero) is 1. The molecule has 1 aromatic rings.